The van der Waals surface area contributed by atoms with Crippen molar-refractivity contribution in [3.05, 3.63) is 33.9 Å². The summed E-state index contributed by atoms with van der Waals surface area (Å²) in [5, 5.41) is 22.1. The summed E-state index contributed by atoms with van der Waals surface area (Å²) in [6.45, 7) is 0.688. The molecular formula is C11H14N2O5. The molecule has 0 unspecified atom stereocenters. The van der Waals surface area contributed by atoms with E-state index < -0.39 is 10.9 Å². The highest BCUT2D eigenvalue weighted by molar-refractivity contribution is 5.66. The number of nitrogens with zero attached hydrogens (tertiary/aromatic N) is 1. The third-order valence-corrected chi connectivity index (χ3v) is 2.28. The maximum absolute atomic E-state index is 10.8. The fourth-order valence-corrected chi connectivity index (χ4v) is 1.42. The fraction of sp³-hybridized carbons (Fsp3) is 0.364. The highest BCUT2D eigenvalue weighted by Crippen LogP contribution is 2.27. The van der Waals surface area contributed by atoms with Gasteiger partial charge < -0.3 is 15.2 Å². The first kappa shape index (κ1) is 13.9. The van der Waals surface area contributed by atoms with Gasteiger partial charge in [-0.05, 0) is 11.6 Å². The number of nitro benzene ring substituents is 1. The number of benzene rings is 1. The van der Waals surface area contributed by atoms with Crippen molar-refractivity contribution in [3.63, 3.8) is 0 Å². The Morgan fingerprint density at radius 2 is 2.28 bits per heavy atom. The van der Waals surface area contributed by atoms with Crippen molar-refractivity contribution in [1.29, 1.82) is 0 Å². The van der Waals surface area contributed by atoms with Crippen LogP contribution in [0, 0.1) is 10.1 Å². The Balaban J connectivity index is 2.64. The average molecular weight is 254 g/mol. The number of hydrogen-bond donors (Lipinski definition) is 2. The molecule has 0 radical (unpaired) electrons. The summed E-state index contributed by atoms with van der Waals surface area (Å²) in [4.78, 5) is 20.6. The van der Waals surface area contributed by atoms with Gasteiger partial charge in [0.1, 0.15) is 0 Å². The van der Waals surface area contributed by atoms with Gasteiger partial charge >= 0.3 is 11.7 Å². The largest absolute Gasteiger partial charge is 0.490 e. The lowest BCUT2D eigenvalue weighted by Crippen LogP contribution is -2.17. The summed E-state index contributed by atoms with van der Waals surface area (Å²) >= 11 is 0. The first-order valence-electron chi connectivity index (χ1n) is 5.28. The molecule has 0 saturated carbocycles. The average Bonchev–Trinajstić information content (AvgIpc) is 2.34. The number of carboxylic acids is 1. The van der Waals surface area contributed by atoms with Gasteiger partial charge in [0.25, 0.3) is 0 Å². The van der Waals surface area contributed by atoms with Crippen molar-refractivity contribution in [2.45, 2.75) is 13.0 Å². The van der Waals surface area contributed by atoms with Gasteiger partial charge in [-0.2, -0.15) is 0 Å². The smallest absolute Gasteiger partial charge is 0.311 e. The van der Waals surface area contributed by atoms with E-state index in [9.17, 15) is 14.9 Å². The van der Waals surface area contributed by atoms with Crippen LogP contribution in [0.1, 0.15) is 12.0 Å². The lowest BCUT2D eigenvalue weighted by atomic mass is 10.2. The predicted molar refractivity (Wildman–Crippen MR) is 63.6 cm³/mol. The second-order valence-electron chi connectivity index (χ2n) is 3.58. The number of nitro groups is 1. The Morgan fingerprint density at radius 3 is 2.83 bits per heavy atom. The number of rotatable bonds is 7. The fourth-order valence-electron chi connectivity index (χ4n) is 1.42. The SMILES string of the molecule is COc1ccc(CNCCC(=O)O)cc1[N+](=O)[O-]. The van der Waals surface area contributed by atoms with Gasteiger partial charge in [-0.1, -0.05) is 6.07 Å². The van der Waals surface area contributed by atoms with Gasteiger partial charge in [-0.15, -0.1) is 0 Å². The molecule has 0 aliphatic rings. The van der Waals surface area contributed by atoms with E-state index in [-0.39, 0.29) is 17.9 Å². The van der Waals surface area contributed by atoms with E-state index in [0.717, 1.165) is 0 Å². The number of carbonyl (C=O) groups is 1. The van der Waals surface area contributed by atoms with Crippen LogP contribution in [0.2, 0.25) is 0 Å². The lowest BCUT2D eigenvalue weighted by Gasteiger charge is -2.06. The van der Waals surface area contributed by atoms with E-state index in [1.165, 1.54) is 19.2 Å². The number of hydrogen-bond acceptors (Lipinski definition) is 5. The highest BCUT2D eigenvalue weighted by Gasteiger charge is 2.14. The number of methoxy groups -OCH3 is 1. The molecule has 0 aromatic heterocycles. The van der Waals surface area contributed by atoms with Crippen molar-refractivity contribution in [2.24, 2.45) is 0 Å². The second kappa shape index (κ2) is 6.55. The molecule has 0 saturated heterocycles. The minimum Gasteiger partial charge on any atom is -0.490 e. The zero-order chi connectivity index (χ0) is 13.5. The molecule has 7 nitrogen and oxygen atoms in total. The molecule has 1 rings (SSSR count). The Labute approximate surface area is 104 Å². The van der Waals surface area contributed by atoms with Crippen LogP contribution in [-0.2, 0) is 11.3 Å². The molecule has 1 aromatic rings. The molecule has 98 valence electrons. The van der Waals surface area contributed by atoms with Gasteiger partial charge in [-0.3, -0.25) is 14.9 Å². The molecule has 1 aromatic carbocycles. The first-order chi connectivity index (χ1) is 8.54. The summed E-state index contributed by atoms with van der Waals surface area (Å²) in [5.74, 6) is -0.683. The lowest BCUT2D eigenvalue weighted by molar-refractivity contribution is -0.385. The molecule has 7 heteroatoms. The quantitative estimate of drug-likeness (QED) is 0.430. The van der Waals surface area contributed by atoms with E-state index in [1.54, 1.807) is 6.07 Å². The van der Waals surface area contributed by atoms with Gasteiger partial charge in [0, 0.05) is 19.2 Å². The van der Waals surface area contributed by atoms with Gasteiger partial charge in [0.2, 0.25) is 0 Å². The third kappa shape index (κ3) is 4.02. The van der Waals surface area contributed by atoms with E-state index in [2.05, 4.69) is 5.32 Å². The van der Waals surface area contributed by atoms with Crippen molar-refractivity contribution in [2.75, 3.05) is 13.7 Å². The van der Waals surface area contributed by atoms with Crippen molar-refractivity contribution >= 4 is 11.7 Å². The van der Waals surface area contributed by atoms with Crippen LogP contribution in [0.3, 0.4) is 0 Å². The highest BCUT2D eigenvalue weighted by atomic mass is 16.6. The zero-order valence-electron chi connectivity index (χ0n) is 9.88. The van der Waals surface area contributed by atoms with E-state index >= 15 is 0 Å². The zero-order valence-corrected chi connectivity index (χ0v) is 9.88. The van der Waals surface area contributed by atoms with Crippen LogP contribution >= 0.6 is 0 Å². The second-order valence-corrected chi connectivity index (χ2v) is 3.58. The van der Waals surface area contributed by atoms with E-state index in [0.29, 0.717) is 18.7 Å². The van der Waals surface area contributed by atoms with Crippen LogP contribution < -0.4 is 10.1 Å². The Kier molecular flexibility index (Phi) is 5.06. The van der Waals surface area contributed by atoms with Crippen LogP contribution in [0.4, 0.5) is 5.69 Å². The third-order valence-electron chi connectivity index (χ3n) is 2.28. The predicted octanol–water partition coefficient (Wildman–Crippen LogP) is 1.17. The molecule has 0 aliphatic heterocycles. The summed E-state index contributed by atoms with van der Waals surface area (Å²) in [7, 11) is 1.37. The van der Waals surface area contributed by atoms with E-state index in [4.69, 9.17) is 9.84 Å². The van der Waals surface area contributed by atoms with Gasteiger partial charge in [-0.25, -0.2) is 0 Å². The van der Waals surface area contributed by atoms with E-state index in [1.807, 2.05) is 0 Å². The number of aliphatic carboxylic acids is 1. The van der Waals surface area contributed by atoms with Crippen molar-refractivity contribution in [1.82, 2.24) is 5.32 Å². The van der Waals surface area contributed by atoms with Gasteiger partial charge in [0.15, 0.2) is 5.75 Å². The normalized spacial score (nSPS) is 10.1. The number of carboxylic acid groups (broad SMARTS) is 1. The molecular weight excluding hydrogens is 240 g/mol. The topological polar surface area (TPSA) is 102 Å². The molecule has 0 atom stereocenters. The monoisotopic (exact) mass is 254 g/mol. The molecule has 0 amide bonds. The number of ether oxygens (including phenoxy) is 1. The van der Waals surface area contributed by atoms with Crippen LogP contribution in [0.15, 0.2) is 18.2 Å². The Bertz CT molecular complexity index is 447. The maximum Gasteiger partial charge on any atom is 0.311 e. The molecule has 0 aliphatic carbocycles. The minimum absolute atomic E-state index is 0.0122. The minimum atomic E-state index is -0.886. The van der Waals surface area contributed by atoms with Crippen LogP contribution in [-0.4, -0.2) is 29.7 Å². The molecule has 0 heterocycles. The standard InChI is InChI=1S/C11H14N2O5/c1-18-10-3-2-8(6-9(10)13(16)17)7-12-5-4-11(14)15/h2-3,6,12H,4-5,7H2,1H3,(H,14,15). The summed E-state index contributed by atoms with van der Waals surface area (Å²) in [6, 6.07) is 4.62. The van der Waals surface area contributed by atoms with Crippen molar-refractivity contribution < 1.29 is 19.6 Å². The molecule has 2 N–H and O–H groups in total. The van der Waals surface area contributed by atoms with Crippen molar-refractivity contribution in [3.8, 4) is 5.75 Å². The van der Waals surface area contributed by atoms with Crippen LogP contribution in [0.5, 0.6) is 5.75 Å². The summed E-state index contributed by atoms with van der Waals surface area (Å²) in [6.07, 6.45) is 0.0122. The number of nitrogens with one attached hydrogen (secondary N) is 1. The molecule has 0 bridgehead atoms. The molecule has 18 heavy (non-hydrogen) atoms. The molecule has 0 fully saturated rings. The Hall–Kier alpha value is -2.15. The maximum atomic E-state index is 10.8. The van der Waals surface area contributed by atoms with Gasteiger partial charge in [0.05, 0.1) is 18.5 Å². The first-order valence-corrected chi connectivity index (χ1v) is 5.28. The summed E-state index contributed by atoms with van der Waals surface area (Å²) in [5.41, 5.74) is 0.600. The summed E-state index contributed by atoms with van der Waals surface area (Å²) < 4.78 is 4.88. The Morgan fingerprint density at radius 1 is 1.56 bits per heavy atom. The van der Waals surface area contributed by atoms with Crippen LogP contribution in [0.25, 0.3) is 0 Å². The molecule has 0 spiro atoms.